The Kier molecular flexibility index (Phi) is 4.02. The normalized spacial score (nSPS) is 12.1. The van der Waals surface area contributed by atoms with Gasteiger partial charge in [0.15, 0.2) is 0 Å². The van der Waals surface area contributed by atoms with Crippen molar-refractivity contribution >= 4 is 16.9 Å². The van der Waals surface area contributed by atoms with E-state index in [2.05, 4.69) is 15.3 Å². The van der Waals surface area contributed by atoms with Gasteiger partial charge in [-0.2, -0.15) is 0 Å². The Morgan fingerprint density at radius 1 is 1.26 bits per heavy atom. The number of aromatic nitrogens is 2. The van der Waals surface area contributed by atoms with Gasteiger partial charge in [0, 0.05) is 5.56 Å². The molecule has 2 aromatic carbocycles. The predicted octanol–water partition coefficient (Wildman–Crippen LogP) is 3.37. The molecule has 0 aliphatic heterocycles. The van der Waals surface area contributed by atoms with Crippen molar-refractivity contribution in [2.45, 2.75) is 19.9 Å². The Balaban J connectivity index is 1.79. The Morgan fingerprint density at radius 2 is 2.09 bits per heavy atom. The van der Waals surface area contributed by atoms with Crippen LogP contribution in [0, 0.1) is 6.92 Å². The molecule has 1 amide bonds. The number of aryl methyl sites for hydroxylation is 1. The molecule has 5 nitrogen and oxygen atoms in total. The number of hydrogen-bond acceptors (Lipinski definition) is 3. The minimum atomic E-state index is -0.221. The summed E-state index contributed by atoms with van der Waals surface area (Å²) in [5.41, 5.74) is 3.60. The van der Waals surface area contributed by atoms with Crippen LogP contribution in [0.3, 0.4) is 0 Å². The standard InChI is InChI=1S/C18H19N3O2/c1-11-7-8-15-16(9-11)21-17(20-15)12(2)19-18(22)13-5-4-6-14(10-13)23-3/h4-10,12H,1-3H3,(H,19,22)(H,20,21). The van der Waals surface area contributed by atoms with Crippen LogP contribution in [0.5, 0.6) is 5.75 Å². The third-order valence-electron chi connectivity index (χ3n) is 3.75. The fraction of sp³-hybridized carbons (Fsp3) is 0.222. The number of methoxy groups -OCH3 is 1. The van der Waals surface area contributed by atoms with Crippen molar-refractivity contribution in [3.05, 3.63) is 59.4 Å². The molecule has 1 atom stereocenters. The molecule has 0 aliphatic rings. The van der Waals surface area contributed by atoms with Gasteiger partial charge in [0.1, 0.15) is 11.6 Å². The number of nitrogens with zero attached hydrogens (tertiary/aromatic N) is 1. The minimum Gasteiger partial charge on any atom is -0.497 e. The number of ether oxygens (including phenoxy) is 1. The highest BCUT2D eigenvalue weighted by atomic mass is 16.5. The van der Waals surface area contributed by atoms with Gasteiger partial charge in [0.25, 0.3) is 5.91 Å². The van der Waals surface area contributed by atoms with Crippen molar-refractivity contribution in [2.24, 2.45) is 0 Å². The van der Waals surface area contributed by atoms with Gasteiger partial charge in [-0.3, -0.25) is 4.79 Å². The summed E-state index contributed by atoms with van der Waals surface area (Å²) in [4.78, 5) is 20.2. The van der Waals surface area contributed by atoms with Crippen molar-refractivity contribution in [3.8, 4) is 5.75 Å². The second-order valence-corrected chi connectivity index (χ2v) is 5.57. The predicted molar refractivity (Wildman–Crippen MR) is 89.7 cm³/mol. The zero-order valence-corrected chi connectivity index (χ0v) is 13.4. The fourth-order valence-corrected chi connectivity index (χ4v) is 2.46. The molecule has 118 valence electrons. The lowest BCUT2D eigenvalue weighted by Gasteiger charge is -2.12. The number of carbonyl (C=O) groups excluding carboxylic acids is 1. The highest BCUT2D eigenvalue weighted by Gasteiger charge is 2.15. The summed E-state index contributed by atoms with van der Waals surface area (Å²) in [5.74, 6) is 1.24. The highest BCUT2D eigenvalue weighted by Crippen LogP contribution is 2.18. The van der Waals surface area contributed by atoms with E-state index >= 15 is 0 Å². The number of carbonyl (C=O) groups is 1. The molecule has 1 unspecified atom stereocenters. The largest absolute Gasteiger partial charge is 0.497 e. The quantitative estimate of drug-likeness (QED) is 0.776. The maximum atomic E-state index is 12.4. The van der Waals surface area contributed by atoms with Crippen LogP contribution in [0.4, 0.5) is 0 Å². The Morgan fingerprint density at radius 3 is 2.87 bits per heavy atom. The molecular weight excluding hydrogens is 290 g/mol. The van der Waals surface area contributed by atoms with E-state index in [4.69, 9.17) is 4.74 Å². The summed E-state index contributed by atoms with van der Waals surface area (Å²) < 4.78 is 5.15. The molecule has 0 saturated heterocycles. The number of hydrogen-bond donors (Lipinski definition) is 2. The van der Waals surface area contributed by atoms with Gasteiger partial charge in [0.05, 0.1) is 24.2 Å². The van der Waals surface area contributed by atoms with Crippen LogP contribution in [0.25, 0.3) is 11.0 Å². The van der Waals surface area contributed by atoms with Gasteiger partial charge in [0.2, 0.25) is 0 Å². The lowest BCUT2D eigenvalue weighted by atomic mass is 10.2. The molecule has 5 heteroatoms. The maximum absolute atomic E-state index is 12.4. The third kappa shape index (κ3) is 3.18. The molecule has 3 rings (SSSR count). The van der Waals surface area contributed by atoms with Crippen LogP contribution in [0.2, 0.25) is 0 Å². The highest BCUT2D eigenvalue weighted by molar-refractivity contribution is 5.94. The van der Waals surface area contributed by atoms with Crippen LogP contribution in [0.1, 0.15) is 34.7 Å². The summed E-state index contributed by atoms with van der Waals surface area (Å²) in [6.07, 6.45) is 0. The first-order valence-corrected chi connectivity index (χ1v) is 7.48. The molecule has 0 bridgehead atoms. The van der Waals surface area contributed by atoms with E-state index in [1.165, 1.54) is 5.56 Å². The average molecular weight is 309 g/mol. The lowest BCUT2D eigenvalue weighted by Crippen LogP contribution is -2.27. The van der Waals surface area contributed by atoms with Crippen LogP contribution < -0.4 is 10.1 Å². The monoisotopic (exact) mass is 309 g/mol. The molecule has 1 aromatic heterocycles. The number of aromatic amines is 1. The minimum absolute atomic E-state index is 0.159. The van der Waals surface area contributed by atoms with Crippen LogP contribution in [-0.4, -0.2) is 23.0 Å². The molecule has 23 heavy (non-hydrogen) atoms. The topological polar surface area (TPSA) is 67.0 Å². The number of H-pyrrole nitrogens is 1. The molecule has 2 N–H and O–H groups in total. The second-order valence-electron chi connectivity index (χ2n) is 5.57. The second kappa shape index (κ2) is 6.12. The average Bonchev–Trinajstić information content (AvgIpc) is 2.98. The number of imidazole rings is 1. The number of rotatable bonds is 4. The van der Waals surface area contributed by atoms with Gasteiger partial charge >= 0.3 is 0 Å². The van der Waals surface area contributed by atoms with Crippen LogP contribution in [-0.2, 0) is 0 Å². The Bertz CT molecular complexity index is 854. The van der Waals surface area contributed by atoms with Gasteiger partial charge in [-0.25, -0.2) is 4.98 Å². The lowest BCUT2D eigenvalue weighted by molar-refractivity contribution is 0.0938. The zero-order valence-electron chi connectivity index (χ0n) is 13.4. The van der Waals surface area contributed by atoms with Crippen molar-refractivity contribution in [2.75, 3.05) is 7.11 Å². The van der Waals surface area contributed by atoms with Crippen LogP contribution in [0.15, 0.2) is 42.5 Å². The molecule has 0 saturated carbocycles. The van der Waals surface area contributed by atoms with Crippen molar-refractivity contribution in [1.82, 2.24) is 15.3 Å². The molecule has 0 radical (unpaired) electrons. The first kappa shape index (κ1) is 15.1. The van der Waals surface area contributed by atoms with Gasteiger partial charge in [-0.1, -0.05) is 12.1 Å². The molecule has 3 aromatic rings. The first-order valence-electron chi connectivity index (χ1n) is 7.48. The molecule has 0 fully saturated rings. The van der Waals surface area contributed by atoms with Gasteiger partial charge in [-0.15, -0.1) is 0 Å². The van der Waals surface area contributed by atoms with E-state index in [0.29, 0.717) is 11.3 Å². The van der Waals surface area contributed by atoms with E-state index in [-0.39, 0.29) is 11.9 Å². The van der Waals surface area contributed by atoms with Crippen LogP contribution >= 0.6 is 0 Å². The summed E-state index contributed by atoms with van der Waals surface area (Å²) in [6, 6.07) is 12.9. The van der Waals surface area contributed by atoms with E-state index in [9.17, 15) is 4.79 Å². The first-order chi connectivity index (χ1) is 11.1. The van der Waals surface area contributed by atoms with Gasteiger partial charge < -0.3 is 15.0 Å². The third-order valence-corrected chi connectivity index (χ3v) is 3.75. The Labute approximate surface area is 134 Å². The number of amides is 1. The maximum Gasteiger partial charge on any atom is 0.251 e. The number of nitrogens with one attached hydrogen (secondary N) is 2. The summed E-state index contributed by atoms with van der Waals surface area (Å²) in [6.45, 7) is 3.94. The molecule has 0 aliphatic carbocycles. The van der Waals surface area contributed by atoms with E-state index < -0.39 is 0 Å². The molecule has 1 heterocycles. The van der Waals surface area contributed by atoms with Crippen molar-refractivity contribution in [1.29, 1.82) is 0 Å². The van der Waals surface area contributed by atoms with E-state index in [0.717, 1.165) is 16.9 Å². The van der Waals surface area contributed by atoms with Crippen molar-refractivity contribution < 1.29 is 9.53 Å². The SMILES string of the molecule is COc1cccc(C(=O)NC(C)c2nc3ccc(C)cc3[nH]2)c1. The van der Waals surface area contributed by atoms with E-state index in [1.807, 2.05) is 38.1 Å². The summed E-state index contributed by atoms with van der Waals surface area (Å²) in [7, 11) is 1.58. The van der Waals surface area contributed by atoms with E-state index in [1.54, 1.807) is 25.3 Å². The smallest absolute Gasteiger partial charge is 0.251 e. The zero-order chi connectivity index (χ0) is 16.4. The molecule has 0 spiro atoms. The Hall–Kier alpha value is -2.82. The summed E-state index contributed by atoms with van der Waals surface area (Å²) >= 11 is 0. The van der Waals surface area contributed by atoms with Gasteiger partial charge in [-0.05, 0) is 49.7 Å². The summed E-state index contributed by atoms with van der Waals surface area (Å²) in [5, 5.41) is 2.95. The van der Waals surface area contributed by atoms with Crippen molar-refractivity contribution in [3.63, 3.8) is 0 Å². The number of fused-ring (bicyclic) bond motifs is 1. The molecular formula is C18H19N3O2. The number of benzene rings is 2. The fourth-order valence-electron chi connectivity index (χ4n) is 2.46.